The Morgan fingerprint density at radius 3 is 2.87 bits per heavy atom. The number of aromatic nitrogens is 1. The normalized spacial score (nSPS) is 12.5. The smallest absolute Gasteiger partial charge is 0.168 e. The van der Waals surface area contributed by atoms with E-state index in [1.165, 1.54) is 0 Å². The van der Waals surface area contributed by atoms with Crippen molar-refractivity contribution in [3.8, 4) is 0 Å². The van der Waals surface area contributed by atoms with Gasteiger partial charge in [-0.15, -0.1) is 0 Å². The topological polar surface area (TPSA) is 50.9 Å². The maximum atomic E-state index is 13.1. The zero-order valence-corrected chi connectivity index (χ0v) is 8.63. The van der Waals surface area contributed by atoms with Crippen molar-refractivity contribution in [2.24, 2.45) is 5.73 Å². The van der Waals surface area contributed by atoms with Gasteiger partial charge in [-0.05, 0) is 6.42 Å². The van der Waals surface area contributed by atoms with E-state index in [0.717, 1.165) is 25.1 Å². The molecule has 15 heavy (non-hydrogen) atoms. The molecule has 0 spiro atoms. The van der Waals surface area contributed by atoms with Gasteiger partial charge in [-0.1, -0.05) is 13.3 Å². The molecule has 0 aliphatic rings. The SMILES string of the molecule is CCCC(N)CNc1ncc(F)cc1F. The fraction of sp³-hybridized carbons (Fsp3) is 0.500. The van der Waals surface area contributed by atoms with Crippen LogP contribution in [0.4, 0.5) is 14.6 Å². The van der Waals surface area contributed by atoms with Gasteiger partial charge in [0.2, 0.25) is 0 Å². The van der Waals surface area contributed by atoms with E-state index in [1.54, 1.807) is 0 Å². The van der Waals surface area contributed by atoms with Crippen molar-refractivity contribution in [2.75, 3.05) is 11.9 Å². The predicted molar refractivity (Wildman–Crippen MR) is 55.5 cm³/mol. The zero-order valence-electron chi connectivity index (χ0n) is 8.63. The molecular weight excluding hydrogens is 200 g/mol. The van der Waals surface area contributed by atoms with E-state index in [9.17, 15) is 8.78 Å². The van der Waals surface area contributed by atoms with E-state index in [2.05, 4.69) is 10.3 Å². The summed E-state index contributed by atoms with van der Waals surface area (Å²) < 4.78 is 25.6. The average molecular weight is 215 g/mol. The fourth-order valence-corrected chi connectivity index (χ4v) is 1.25. The Kier molecular flexibility index (Phi) is 4.42. The van der Waals surface area contributed by atoms with Crippen molar-refractivity contribution in [1.29, 1.82) is 0 Å². The number of halogens is 2. The third-order valence-corrected chi connectivity index (χ3v) is 2.00. The Morgan fingerprint density at radius 1 is 1.53 bits per heavy atom. The maximum absolute atomic E-state index is 13.1. The Morgan fingerprint density at radius 2 is 2.27 bits per heavy atom. The molecule has 0 bridgehead atoms. The summed E-state index contributed by atoms with van der Waals surface area (Å²) in [5, 5.41) is 2.75. The van der Waals surface area contributed by atoms with Crippen LogP contribution in [0.5, 0.6) is 0 Å². The second-order valence-electron chi connectivity index (χ2n) is 3.41. The van der Waals surface area contributed by atoms with Crippen molar-refractivity contribution in [1.82, 2.24) is 4.98 Å². The number of pyridine rings is 1. The molecule has 0 fully saturated rings. The highest BCUT2D eigenvalue weighted by molar-refractivity contribution is 5.35. The lowest BCUT2D eigenvalue weighted by molar-refractivity contribution is 0.572. The zero-order chi connectivity index (χ0) is 11.3. The van der Waals surface area contributed by atoms with Gasteiger partial charge in [-0.3, -0.25) is 0 Å². The minimum absolute atomic E-state index is 0.0405. The second-order valence-corrected chi connectivity index (χ2v) is 3.41. The lowest BCUT2D eigenvalue weighted by Gasteiger charge is -2.12. The van der Waals surface area contributed by atoms with Crippen LogP contribution in [0.1, 0.15) is 19.8 Å². The largest absolute Gasteiger partial charge is 0.366 e. The Hall–Kier alpha value is -1.23. The van der Waals surface area contributed by atoms with Gasteiger partial charge in [-0.2, -0.15) is 0 Å². The molecule has 0 aliphatic heterocycles. The van der Waals surface area contributed by atoms with Crippen LogP contribution >= 0.6 is 0 Å². The number of hydrogen-bond acceptors (Lipinski definition) is 3. The van der Waals surface area contributed by atoms with Crippen LogP contribution in [0.25, 0.3) is 0 Å². The molecule has 1 atom stereocenters. The summed E-state index contributed by atoms with van der Waals surface area (Å²) in [6, 6.07) is 0.752. The van der Waals surface area contributed by atoms with Crippen molar-refractivity contribution in [2.45, 2.75) is 25.8 Å². The molecule has 1 aromatic rings. The lowest BCUT2D eigenvalue weighted by Crippen LogP contribution is -2.29. The van der Waals surface area contributed by atoms with Crippen molar-refractivity contribution < 1.29 is 8.78 Å². The van der Waals surface area contributed by atoms with E-state index in [1.807, 2.05) is 6.92 Å². The quantitative estimate of drug-likeness (QED) is 0.788. The van der Waals surface area contributed by atoms with Crippen molar-refractivity contribution in [3.05, 3.63) is 23.9 Å². The van der Waals surface area contributed by atoms with Gasteiger partial charge in [0.15, 0.2) is 11.6 Å². The predicted octanol–water partition coefficient (Wildman–Crippen LogP) is 1.90. The molecule has 1 aromatic heterocycles. The van der Waals surface area contributed by atoms with Crippen LogP contribution in [-0.4, -0.2) is 17.6 Å². The van der Waals surface area contributed by atoms with E-state index >= 15 is 0 Å². The Labute approximate surface area is 87.7 Å². The number of hydrogen-bond donors (Lipinski definition) is 2. The Balaban J connectivity index is 2.50. The molecule has 1 heterocycles. The van der Waals surface area contributed by atoms with Crippen LogP contribution in [0.2, 0.25) is 0 Å². The van der Waals surface area contributed by atoms with Crippen LogP contribution in [0.3, 0.4) is 0 Å². The first-order valence-corrected chi connectivity index (χ1v) is 4.94. The summed E-state index contributed by atoms with van der Waals surface area (Å²) >= 11 is 0. The molecule has 3 nitrogen and oxygen atoms in total. The van der Waals surface area contributed by atoms with Gasteiger partial charge in [0.25, 0.3) is 0 Å². The molecule has 1 unspecified atom stereocenters. The van der Waals surface area contributed by atoms with Crippen molar-refractivity contribution in [3.63, 3.8) is 0 Å². The molecule has 0 saturated heterocycles. The van der Waals surface area contributed by atoms with Gasteiger partial charge in [0.05, 0.1) is 6.20 Å². The van der Waals surface area contributed by atoms with E-state index < -0.39 is 11.6 Å². The molecule has 84 valence electrons. The number of nitrogens with one attached hydrogen (secondary N) is 1. The molecule has 0 aliphatic carbocycles. The van der Waals surface area contributed by atoms with Gasteiger partial charge in [-0.25, -0.2) is 13.8 Å². The summed E-state index contributed by atoms with van der Waals surface area (Å²) in [6.07, 6.45) is 2.80. The van der Waals surface area contributed by atoms with E-state index in [-0.39, 0.29) is 11.9 Å². The molecule has 0 radical (unpaired) electrons. The number of nitrogens with two attached hydrogens (primary N) is 1. The molecular formula is C10H15F2N3. The lowest BCUT2D eigenvalue weighted by atomic mass is 10.2. The number of rotatable bonds is 5. The molecule has 5 heteroatoms. The number of anilines is 1. The van der Waals surface area contributed by atoms with Crippen LogP contribution in [-0.2, 0) is 0 Å². The van der Waals surface area contributed by atoms with Gasteiger partial charge in [0.1, 0.15) is 5.82 Å². The van der Waals surface area contributed by atoms with Crippen molar-refractivity contribution >= 4 is 5.82 Å². The van der Waals surface area contributed by atoms with Gasteiger partial charge in [0, 0.05) is 18.7 Å². The first-order valence-electron chi connectivity index (χ1n) is 4.94. The number of nitrogens with zero attached hydrogens (tertiary/aromatic N) is 1. The fourth-order valence-electron chi connectivity index (χ4n) is 1.25. The Bertz CT molecular complexity index is 318. The average Bonchev–Trinajstić information content (AvgIpc) is 2.17. The second kappa shape index (κ2) is 5.60. The summed E-state index contributed by atoms with van der Waals surface area (Å²) in [6.45, 7) is 2.46. The van der Waals surface area contributed by atoms with E-state index in [4.69, 9.17) is 5.73 Å². The summed E-state index contributed by atoms with van der Waals surface area (Å²) in [5.74, 6) is -1.34. The van der Waals surface area contributed by atoms with Crippen LogP contribution in [0.15, 0.2) is 12.3 Å². The minimum Gasteiger partial charge on any atom is -0.366 e. The highest BCUT2D eigenvalue weighted by Gasteiger charge is 2.06. The molecule has 3 N–H and O–H groups in total. The van der Waals surface area contributed by atoms with Gasteiger partial charge >= 0.3 is 0 Å². The first-order chi connectivity index (χ1) is 7.13. The third kappa shape index (κ3) is 3.79. The maximum Gasteiger partial charge on any atom is 0.168 e. The molecule has 1 rings (SSSR count). The van der Waals surface area contributed by atoms with E-state index in [0.29, 0.717) is 6.54 Å². The standard InChI is InChI=1S/C10H15F2N3/c1-2-3-8(13)6-15-10-9(12)4-7(11)5-14-10/h4-5,8H,2-3,6,13H2,1H3,(H,14,15). The van der Waals surface area contributed by atoms with Crippen LogP contribution < -0.4 is 11.1 Å². The molecule has 0 amide bonds. The molecule has 0 saturated carbocycles. The monoisotopic (exact) mass is 215 g/mol. The summed E-state index contributed by atoms with van der Waals surface area (Å²) in [5.41, 5.74) is 5.73. The summed E-state index contributed by atoms with van der Waals surface area (Å²) in [4.78, 5) is 3.59. The van der Waals surface area contributed by atoms with Gasteiger partial charge < -0.3 is 11.1 Å². The highest BCUT2D eigenvalue weighted by Crippen LogP contribution is 2.10. The van der Waals surface area contributed by atoms with Crippen LogP contribution in [0, 0.1) is 11.6 Å². The summed E-state index contributed by atoms with van der Waals surface area (Å²) in [7, 11) is 0. The molecule has 0 aromatic carbocycles. The minimum atomic E-state index is -0.696. The third-order valence-electron chi connectivity index (χ3n) is 2.00. The first kappa shape index (κ1) is 11.8. The highest BCUT2D eigenvalue weighted by atomic mass is 19.1.